The summed E-state index contributed by atoms with van der Waals surface area (Å²) in [4.78, 5) is 22.7. The van der Waals surface area contributed by atoms with Crippen LogP contribution in [0.15, 0.2) is 30.3 Å². The van der Waals surface area contributed by atoms with Crippen molar-refractivity contribution in [1.29, 1.82) is 0 Å². The Morgan fingerprint density at radius 1 is 1.28 bits per heavy atom. The standard InChI is InChI=1S/C12H17N3O3/c1-8(11(16)15-18)14-12(17)10(13)7-9-5-3-2-4-6-9/h2-6,8,10,18H,7,13H2,1H3,(H,14,17)(H,15,16)/t8-,10-/m0/s1. The highest BCUT2D eigenvalue weighted by Gasteiger charge is 2.19. The van der Waals surface area contributed by atoms with Crippen molar-refractivity contribution in [2.24, 2.45) is 5.73 Å². The van der Waals surface area contributed by atoms with Gasteiger partial charge in [0.05, 0.1) is 6.04 Å². The van der Waals surface area contributed by atoms with Crippen molar-refractivity contribution in [2.75, 3.05) is 0 Å². The second kappa shape index (κ2) is 6.73. The molecule has 5 N–H and O–H groups in total. The van der Waals surface area contributed by atoms with Gasteiger partial charge in [0.25, 0.3) is 5.91 Å². The van der Waals surface area contributed by atoms with Crippen molar-refractivity contribution in [3.05, 3.63) is 35.9 Å². The first-order chi connectivity index (χ1) is 8.54. The van der Waals surface area contributed by atoms with Crippen LogP contribution in [0, 0.1) is 0 Å². The molecule has 0 aliphatic carbocycles. The molecule has 2 amide bonds. The van der Waals surface area contributed by atoms with E-state index in [4.69, 9.17) is 10.9 Å². The van der Waals surface area contributed by atoms with Crippen molar-refractivity contribution in [1.82, 2.24) is 10.8 Å². The zero-order valence-electron chi connectivity index (χ0n) is 10.1. The summed E-state index contributed by atoms with van der Waals surface area (Å²) in [5, 5.41) is 10.8. The fourth-order valence-corrected chi connectivity index (χ4v) is 1.44. The van der Waals surface area contributed by atoms with Crippen LogP contribution in [0.3, 0.4) is 0 Å². The molecule has 6 nitrogen and oxygen atoms in total. The van der Waals surface area contributed by atoms with Crippen molar-refractivity contribution < 1.29 is 14.8 Å². The van der Waals surface area contributed by atoms with Gasteiger partial charge in [0.15, 0.2) is 0 Å². The van der Waals surface area contributed by atoms with E-state index in [1.165, 1.54) is 12.4 Å². The summed E-state index contributed by atoms with van der Waals surface area (Å²) in [5.41, 5.74) is 8.14. The number of nitrogens with two attached hydrogens (primary N) is 1. The number of hydrogen-bond donors (Lipinski definition) is 4. The summed E-state index contributed by atoms with van der Waals surface area (Å²) in [6.45, 7) is 1.46. The van der Waals surface area contributed by atoms with E-state index in [2.05, 4.69) is 5.32 Å². The maximum Gasteiger partial charge on any atom is 0.265 e. The first-order valence-electron chi connectivity index (χ1n) is 5.58. The monoisotopic (exact) mass is 251 g/mol. The summed E-state index contributed by atoms with van der Waals surface area (Å²) < 4.78 is 0. The molecule has 1 aromatic carbocycles. The molecule has 1 rings (SSSR count). The summed E-state index contributed by atoms with van der Waals surface area (Å²) in [7, 11) is 0. The molecule has 98 valence electrons. The third kappa shape index (κ3) is 4.15. The number of benzene rings is 1. The molecule has 0 fully saturated rings. The van der Waals surface area contributed by atoms with E-state index < -0.39 is 23.9 Å². The van der Waals surface area contributed by atoms with E-state index in [1.807, 2.05) is 30.3 Å². The van der Waals surface area contributed by atoms with Crippen LogP contribution in [-0.4, -0.2) is 29.1 Å². The van der Waals surface area contributed by atoms with Gasteiger partial charge in [0, 0.05) is 0 Å². The van der Waals surface area contributed by atoms with E-state index in [0.29, 0.717) is 6.42 Å². The van der Waals surface area contributed by atoms with Gasteiger partial charge in [-0.15, -0.1) is 0 Å². The predicted molar refractivity (Wildman–Crippen MR) is 65.7 cm³/mol. The molecule has 0 saturated heterocycles. The van der Waals surface area contributed by atoms with Crippen LogP contribution in [0.25, 0.3) is 0 Å². The Morgan fingerprint density at radius 3 is 2.44 bits per heavy atom. The van der Waals surface area contributed by atoms with Gasteiger partial charge in [-0.25, -0.2) is 5.48 Å². The SMILES string of the molecule is C[C@H](NC(=O)[C@@H](N)Cc1ccccc1)C(=O)NO. The molecule has 0 bridgehead atoms. The highest BCUT2D eigenvalue weighted by molar-refractivity contribution is 5.89. The van der Waals surface area contributed by atoms with Gasteiger partial charge in [-0.3, -0.25) is 14.8 Å². The van der Waals surface area contributed by atoms with Gasteiger partial charge < -0.3 is 11.1 Å². The third-order valence-electron chi connectivity index (χ3n) is 2.50. The Kier molecular flexibility index (Phi) is 5.29. The van der Waals surface area contributed by atoms with Crippen LogP contribution in [-0.2, 0) is 16.0 Å². The Morgan fingerprint density at radius 2 is 1.89 bits per heavy atom. The molecule has 0 aliphatic heterocycles. The first kappa shape index (κ1) is 14.1. The molecule has 0 heterocycles. The quantitative estimate of drug-likeness (QED) is 0.421. The summed E-state index contributed by atoms with van der Waals surface area (Å²) in [6, 6.07) is 7.78. The zero-order chi connectivity index (χ0) is 13.5. The lowest BCUT2D eigenvalue weighted by molar-refractivity contribution is -0.134. The summed E-state index contributed by atoms with van der Waals surface area (Å²) in [6.07, 6.45) is 0.389. The zero-order valence-corrected chi connectivity index (χ0v) is 10.1. The van der Waals surface area contributed by atoms with Crippen molar-refractivity contribution in [3.8, 4) is 0 Å². The van der Waals surface area contributed by atoms with E-state index >= 15 is 0 Å². The lowest BCUT2D eigenvalue weighted by atomic mass is 10.1. The van der Waals surface area contributed by atoms with Crippen LogP contribution in [0.4, 0.5) is 0 Å². The number of hydrogen-bond acceptors (Lipinski definition) is 4. The third-order valence-corrected chi connectivity index (χ3v) is 2.50. The molecule has 6 heteroatoms. The Hall–Kier alpha value is -1.92. The minimum absolute atomic E-state index is 0.389. The molecule has 0 aliphatic rings. The van der Waals surface area contributed by atoms with Gasteiger partial charge in [-0.05, 0) is 18.9 Å². The lowest BCUT2D eigenvalue weighted by Crippen LogP contribution is -2.50. The van der Waals surface area contributed by atoms with Crippen LogP contribution in [0.2, 0.25) is 0 Å². The fraction of sp³-hybridized carbons (Fsp3) is 0.333. The number of amides is 2. The number of rotatable bonds is 5. The smallest absolute Gasteiger partial charge is 0.265 e. The molecule has 0 unspecified atom stereocenters. The molecule has 0 radical (unpaired) electrons. The number of carbonyl (C=O) groups is 2. The summed E-state index contributed by atoms with van der Waals surface area (Å²) in [5.74, 6) is -1.12. The second-order valence-electron chi connectivity index (χ2n) is 4.00. The highest BCUT2D eigenvalue weighted by Crippen LogP contribution is 2.02. The molecule has 2 atom stereocenters. The molecular formula is C12H17N3O3. The molecule has 1 aromatic rings. The van der Waals surface area contributed by atoms with Crippen LogP contribution in [0.1, 0.15) is 12.5 Å². The normalized spacial score (nSPS) is 13.5. The second-order valence-corrected chi connectivity index (χ2v) is 4.00. The Balaban J connectivity index is 2.49. The van der Waals surface area contributed by atoms with Crippen LogP contribution in [0.5, 0.6) is 0 Å². The molecular weight excluding hydrogens is 234 g/mol. The topological polar surface area (TPSA) is 104 Å². The minimum Gasteiger partial charge on any atom is -0.343 e. The van der Waals surface area contributed by atoms with E-state index in [-0.39, 0.29) is 0 Å². The van der Waals surface area contributed by atoms with Crippen molar-refractivity contribution in [3.63, 3.8) is 0 Å². The van der Waals surface area contributed by atoms with E-state index in [9.17, 15) is 9.59 Å². The molecule has 0 saturated carbocycles. The fourth-order valence-electron chi connectivity index (χ4n) is 1.44. The van der Waals surface area contributed by atoms with Crippen molar-refractivity contribution in [2.45, 2.75) is 25.4 Å². The predicted octanol–water partition coefficient (Wildman–Crippen LogP) is -0.433. The average molecular weight is 251 g/mol. The number of nitrogens with one attached hydrogen (secondary N) is 2. The number of carbonyl (C=O) groups excluding carboxylic acids is 2. The maximum atomic E-state index is 11.7. The Bertz CT molecular complexity index is 408. The average Bonchev–Trinajstić information content (AvgIpc) is 2.38. The number of hydroxylamine groups is 1. The molecule has 18 heavy (non-hydrogen) atoms. The van der Waals surface area contributed by atoms with Gasteiger partial charge in [-0.1, -0.05) is 30.3 Å². The molecule has 0 aromatic heterocycles. The minimum atomic E-state index is -0.829. The maximum absolute atomic E-state index is 11.7. The Labute approximate surface area is 105 Å². The summed E-state index contributed by atoms with van der Waals surface area (Å²) >= 11 is 0. The lowest BCUT2D eigenvalue weighted by Gasteiger charge is -2.16. The van der Waals surface area contributed by atoms with Gasteiger partial charge in [0.2, 0.25) is 5.91 Å². The highest BCUT2D eigenvalue weighted by atomic mass is 16.5. The van der Waals surface area contributed by atoms with Crippen LogP contribution >= 0.6 is 0 Å². The van der Waals surface area contributed by atoms with E-state index in [0.717, 1.165) is 5.56 Å². The van der Waals surface area contributed by atoms with Gasteiger partial charge in [0.1, 0.15) is 6.04 Å². The van der Waals surface area contributed by atoms with Gasteiger partial charge in [-0.2, -0.15) is 0 Å². The van der Waals surface area contributed by atoms with Gasteiger partial charge >= 0.3 is 0 Å². The van der Waals surface area contributed by atoms with E-state index in [1.54, 1.807) is 0 Å². The van der Waals surface area contributed by atoms with Crippen LogP contribution < -0.4 is 16.5 Å². The van der Waals surface area contributed by atoms with Crippen molar-refractivity contribution >= 4 is 11.8 Å². The largest absolute Gasteiger partial charge is 0.343 e. The first-order valence-corrected chi connectivity index (χ1v) is 5.58. The molecule has 0 spiro atoms.